The van der Waals surface area contributed by atoms with Crippen LogP contribution in [0.25, 0.3) is 0 Å². The van der Waals surface area contributed by atoms with Crippen molar-refractivity contribution in [3.05, 3.63) is 77.0 Å². The first-order chi connectivity index (χ1) is 14.6. The summed E-state index contributed by atoms with van der Waals surface area (Å²) in [6, 6.07) is 15.1. The molecule has 1 unspecified atom stereocenters. The molecule has 4 heteroatoms. The summed E-state index contributed by atoms with van der Waals surface area (Å²) in [5, 5.41) is 12.4. The van der Waals surface area contributed by atoms with Crippen LogP contribution in [-0.2, 0) is 25.8 Å². The van der Waals surface area contributed by atoms with Crippen LogP contribution < -0.4 is 5.32 Å². The number of nitrogens with one attached hydrogen (secondary N) is 1. The fraction of sp³-hybridized carbons (Fsp3) is 0.423. The van der Waals surface area contributed by atoms with Gasteiger partial charge in [0.05, 0.1) is 11.8 Å². The molecule has 0 saturated carbocycles. The van der Waals surface area contributed by atoms with Gasteiger partial charge in [0.15, 0.2) is 0 Å². The van der Waals surface area contributed by atoms with Gasteiger partial charge in [0.1, 0.15) is 0 Å². The minimum atomic E-state index is -0.222. The summed E-state index contributed by atoms with van der Waals surface area (Å²) in [4.78, 5) is 6.83. The number of hydrogen-bond acceptors (Lipinski definition) is 4. The molecule has 0 fully saturated rings. The zero-order chi connectivity index (χ0) is 21.3. The fourth-order valence-corrected chi connectivity index (χ4v) is 4.08. The number of fused-ring (bicyclic) bond motifs is 2. The topological polar surface area (TPSA) is 47.9 Å². The molecule has 1 atom stereocenters. The van der Waals surface area contributed by atoms with Crippen LogP contribution in [0.1, 0.15) is 42.0 Å². The lowest BCUT2D eigenvalue weighted by atomic mass is 9.98. The number of benzene rings is 2. The molecule has 0 radical (unpaired) electrons. The zero-order valence-electron chi connectivity index (χ0n) is 18.4. The largest absolute Gasteiger partial charge is 0.392 e. The highest BCUT2D eigenvalue weighted by Crippen LogP contribution is 2.29. The van der Waals surface area contributed by atoms with Gasteiger partial charge in [0.2, 0.25) is 0 Å². The maximum atomic E-state index is 9.31. The summed E-state index contributed by atoms with van der Waals surface area (Å²) in [5.74, 6) is 0. The normalized spacial score (nSPS) is 16.0. The van der Waals surface area contributed by atoms with E-state index >= 15 is 0 Å². The third-order valence-corrected chi connectivity index (χ3v) is 5.75. The van der Waals surface area contributed by atoms with Crippen molar-refractivity contribution in [1.29, 1.82) is 0 Å². The van der Waals surface area contributed by atoms with Crippen LogP contribution in [0, 0.1) is 0 Å². The van der Waals surface area contributed by atoms with E-state index in [9.17, 15) is 5.11 Å². The standard InChI is InChI=1S/C14H18N2.C12H17NO/c1-11(15-2)8-9-13-6-3-5-12-7-4-10-16-14(12)13;1-10(14)8-13-7-6-11-4-2-3-5-12(11)9-13/h3,5-6,10,15H,1,4,7-9H2,2H3;2-5,10,14H,6-9H2,1H3. The van der Waals surface area contributed by atoms with E-state index < -0.39 is 0 Å². The summed E-state index contributed by atoms with van der Waals surface area (Å²) in [6.45, 7) is 8.64. The Bertz CT molecular complexity index is 872. The van der Waals surface area contributed by atoms with Crippen molar-refractivity contribution in [1.82, 2.24) is 10.2 Å². The predicted molar refractivity (Wildman–Crippen MR) is 127 cm³/mol. The van der Waals surface area contributed by atoms with Crippen molar-refractivity contribution in [3.8, 4) is 0 Å². The molecule has 0 bridgehead atoms. The highest BCUT2D eigenvalue weighted by Gasteiger charge is 2.16. The van der Waals surface area contributed by atoms with E-state index in [1.807, 2.05) is 20.2 Å². The highest BCUT2D eigenvalue weighted by molar-refractivity contribution is 5.70. The van der Waals surface area contributed by atoms with Gasteiger partial charge in [0.25, 0.3) is 0 Å². The van der Waals surface area contributed by atoms with Gasteiger partial charge in [0, 0.05) is 38.6 Å². The molecule has 4 nitrogen and oxygen atoms in total. The highest BCUT2D eigenvalue weighted by atomic mass is 16.3. The second-order valence-electron chi connectivity index (χ2n) is 8.23. The number of nitrogens with zero attached hydrogens (tertiary/aromatic N) is 2. The van der Waals surface area contributed by atoms with Gasteiger partial charge in [-0.1, -0.05) is 49.0 Å². The van der Waals surface area contributed by atoms with Gasteiger partial charge in [-0.25, -0.2) is 0 Å². The Morgan fingerprint density at radius 3 is 2.67 bits per heavy atom. The molecule has 0 spiro atoms. The fourth-order valence-electron chi connectivity index (χ4n) is 4.08. The number of aryl methyl sites for hydroxylation is 2. The van der Waals surface area contributed by atoms with Gasteiger partial charge in [-0.15, -0.1) is 0 Å². The first kappa shape index (κ1) is 22.3. The number of hydrogen-bond donors (Lipinski definition) is 2. The summed E-state index contributed by atoms with van der Waals surface area (Å²) in [6.07, 6.45) is 7.10. The van der Waals surface area contributed by atoms with Crippen molar-refractivity contribution >= 4 is 11.9 Å². The second kappa shape index (κ2) is 11.1. The number of aliphatic imine (C=N–C) groups is 1. The SMILES string of the molecule is C=C(CCc1cccc2c1N=CCC2)NC.CC(O)CN1CCc2ccccc2C1. The Morgan fingerprint density at radius 2 is 1.90 bits per heavy atom. The lowest BCUT2D eigenvalue weighted by molar-refractivity contribution is 0.119. The van der Waals surface area contributed by atoms with Crippen LogP contribution in [0.15, 0.2) is 59.7 Å². The van der Waals surface area contributed by atoms with Crippen molar-refractivity contribution in [2.24, 2.45) is 4.99 Å². The Kier molecular flexibility index (Phi) is 8.23. The zero-order valence-corrected chi connectivity index (χ0v) is 18.4. The van der Waals surface area contributed by atoms with E-state index in [0.717, 1.165) is 57.4 Å². The Labute approximate surface area is 181 Å². The molecular weight excluding hydrogens is 370 g/mol. The van der Waals surface area contributed by atoms with Gasteiger partial charge in [-0.3, -0.25) is 9.89 Å². The molecule has 2 aliphatic rings. The average Bonchev–Trinajstić information content (AvgIpc) is 2.77. The van der Waals surface area contributed by atoms with Gasteiger partial charge in [-0.2, -0.15) is 0 Å². The van der Waals surface area contributed by atoms with Crippen LogP contribution in [0.2, 0.25) is 0 Å². The maximum absolute atomic E-state index is 9.31. The quantitative estimate of drug-likeness (QED) is 0.748. The lowest BCUT2D eigenvalue weighted by Crippen LogP contribution is -2.35. The molecule has 160 valence electrons. The second-order valence-corrected chi connectivity index (χ2v) is 8.23. The van der Waals surface area contributed by atoms with Crippen molar-refractivity contribution < 1.29 is 5.11 Å². The van der Waals surface area contributed by atoms with E-state index in [0.29, 0.717) is 0 Å². The predicted octanol–water partition coefficient (Wildman–Crippen LogP) is 4.43. The summed E-state index contributed by atoms with van der Waals surface area (Å²) in [5.41, 5.74) is 7.88. The van der Waals surface area contributed by atoms with E-state index in [1.165, 1.54) is 27.9 Å². The minimum absolute atomic E-state index is 0.222. The van der Waals surface area contributed by atoms with Crippen LogP contribution >= 0.6 is 0 Å². The van der Waals surface area contributed by atoms with Crippen molar-refractivity contribution in [2.75, 3.05) is 20.1 Å². The van der Waals surface area contributed by atoms with Crippen LogP contribution in [0.4, 0.5) is 5.69 Å². The summed E-state index contributed by atoms with van der Waals surface area (Å²) in [7, 11) is 1.92. The Balaban J connectivity index is 0.000000172. The summed E-state index contributed by atoms with van der Waals surface area (Å²) < 4.78 is 0. The van der Waals surface area contributed by atoms with E-state index in [2.05, 4.69) is 64.3 Å². The van der Waals surface area contributed by atoms with Gasteiger partial charge < -0.3 is 10.4 Å². The van der Waals surface area contributed by atoms with Crippen molar-refractivity contribution in [3.63, 3.8) is 0 Å². The first-order valence-electron chi connectivity index (χ1n) is 11.0. The van der Waals surface area contributed by atoms with Crippen molar-refractivity contribution in [2.45, 2.75) is 51.7 Å². The molecule has 0 aliphatic carbocycles. The molecule has 30 heavy (non-hydrogen) atoms. The van der Waals surface area contributed by atoms with E-state index in [1.54, 1.807) is 0 Å². The van der Waals surface area contributed by atoms with Crippen LogP contribution in [0.3, 0.4) is 0 Å². The van der Waals surface area contributed by atoms with E-state index in [-0.39, 0.29) is 6.10 Å². The maximum Gasteiger partial charge on any atom is 0.0689 e. The molecular formula is C26H35N3O. The number of para-hydroxylation sites is 1. The van der Waals surface area contributed by atoms with Crippen LogP contribution in [-0.4, -0.2) is 42.5 Å². The Morgan fingerprint density at radius 1 is 1.13 bits per heavy atom. The Hall–Kier alpha value is -2.43. The molecule has 4 rings (SSSR count). The molecule has 2 aromatic rings. The molecule has 2 aliphatic heterocycles. The number of aliphatic hydroxyl groups is 1. The van der Waals surface area contributed by atoms with Gasteiger partial charge >= 0.3 is 0 Å². The number of allylic oxidation sites excluding steroid dienone is 1. The molecule has 0 amide bonds. The molecule has 2 aromatic carbocycles. The lowest BCUT2D eigenvalue weighted by Gasteiger charge is -2.29. The van der Waals surface area contributed by atoms with Gasteiger partial charge in [-0.05, 0) is 61.3 Å². The number of β-amino-alcohol motifs (C(OH)–C–C–N with tert-alkyl or cyclic N) is 1. The molecule has 0 saturated heterocycles. The molecule has 0 aromatic heterocycles. The monoisotopic (exact) mass is 405 g/mol. The smallest absolute Gasteiger partial charge is 0.0689 e. The minimum Gasteiger partial charge on any atom is -0.392 e. The number of rotatable bonds is 6. The van der Waals surface area contributed by atoms with E-state index in [4.69, 9.17) is 0 Å². The third kappa shape index (κ3) is 6.28. The number of aliphatic hydroxyl groups excluding tert-OH is 1. The third-order valence-electron chi connectivity index (χ3n) is 5.75. The van der Waals surface area contributed by atoms with Crippen LogP contribution in [0.5, 0.6) is 0 Å². The average molecular weight is 406 g/mol. The first-order valence-corrected chi connectivity index (χ1v) is 11.0. The molecule has 2 N–H and O–H groups in total. The molecule has 2 heterocycles. The summed E-state index contributed by atoms with van der Waals surface area (Å²) >= 11 is 0.